The van der Waals surface area contributed by atoms with Crippen molar-refractivity contribution < 1.29 is 8.42 Å². The Morgan fingerprint density at radius 3 is 2.45 bits per heavy atom. The molecule has 0 amide bonds. The lowest BCUT2D eigenvalue weighted by Crippen LogP contribution is -2.13. The monoisotopic (exact) mass is 321 g/mol. The minimum absolute atomic E-state index is 0.121. The van der Waals surface area contributed by atoms with Gasteiger partial charge in [-0.05, 0) is 24.1 Å². The summed E-state index contributed by atoms with van der Waals surface area (Å²) in [5, 5.41) is 8.28. The van der Waals surface area contributed by atoms with E-state index in [0.29, 0.717) is 6.54 Å². The molecule has 7 nitrogen and oxygen atoms in total. The molecule has 0 aliphatic heterocycles. The van der Waals surface area contributed by atoms with Gasteiger partial charge >= 0.3 is 0 Å². The van der Waals surface area contributed by atoms with E-state index in [9.17, 15) is 8.42 Å². The van der Waals surface area contributed by atoms with Crippen LogP contribution in [0.4, 0.5) is 11.6 Å². The van der Waals surface area contributed by atoms with Crippen molar-refractivity contribution in [3.8, 4) is 0 Å². The Bertz CT molecular complexity index is 729. The van der Waals surface area contributed by atoms with Crippen LogP contribution in [0.5, 0.6) is 0 Å². The number of nitrogens with zero attached hydrogens (tertiary/aromatic N) is 3. The Morgan fingerprint density at radius 2 is 1.86 bits per heavy atom. The number of aromatic nitrogens is 2. The second-order valence-electron chi connectivity index (χ2n) is 5.02. The van der Waals surface area contributed by atoms with E-state index < -0.39 is 10.0 Å². The lowest BCUT2D eigenvalue weighted by Gasteiger charge is -2.12. The van der Waals surface area contributed by atoms with Crippen LogP contribution in [0.1, 0.15) is 5.56 Å². The van der Waals surface area contributed by atoms with Crippen molar-refractivity contribution in [3.63, 3.8) is 0 Å². The second-order valence-corrected chi connectivity index (χ2v) is 6.58. The third-order valence-electron chi connectivity index (χ3n) is 3.08. The zero-order chi connectivity index (χ0) is 16.2. The van der Waals surface area contributed by atoms with Crippen LogP contribution in [-0.2, 0) is 16.4 Å². The molecule has 8 heteroatoms. The molecule has 22 heavy (non-hydrogen) atoms. The summed E-state index contributed by atoms with van der Waals surface area (Å²) in [4.78, 5) is 10.3. The van der Waals surface area contributed by atoms with Crippen LogP contribution in [-0.4, -0.2) is 39.0 Å². The van der Waals surface area contributed by atoms with Gasteiger partial charge in [-0.3, -0.25) is 0 Å². The first-order chi connectivity index (χ1) is 10.4. The molecule has 0 saturated carbocycles. The van der Waals surface area contributed by atoms with Crippen LogP contribution >= 0.6 is 0 Å². The van der Waals surface area contributed by atoms with Gasteiger partial charge in [0.1, 0.15) is 18.0 Å². The predicted octanol–water partition coefficient (Wildman–Crippen LogP) is 0.845. The molecular weight excluding hydrogens is 302 g/mol. The summed E-state index contributed by atoms with van der Waals surface area (Å²) >= 11 is 0. The van der Waals surface area contributed by atoms with Crippen LogP contribution < -0.4 is 15.4 Å². The number of anilines is 2. The van der Waals surface area contributed by atoms with E-state index in [4.69, 9.17) is 5.14 Å². The Labute approximate surface area is 130 Å². The van der Waals surface area contributed by atoms with Crippen LogP contribution in [0.2, 0.25) is 0 Å². The number of nitrogens with two attached hydrogens (primary N) is 1. The van der Waals surface area contributed by atoms with E-state index >= 15 is 0 Å². The molecule has 0 aliphatic carbocycles. The first-order valence-electron chi connectivity index (χ1n) is 6.71. The summed E-state index contributed by atoms with van der Waals surface area (Å²) < 4.78 is 22.4. The molecule has 0 saturated heterocycles. The molecule has 1 aromatic heterocycles. The molecule has 0 radical (unpaired) electrons. The molecule has 2 rings (SSSR count). The number of primary sulfonamides is 1. The summed E-state index contributed by atoms with van der Waals surface area (Å²) in [7, 11) is 0.198. The lowest BCUT2D eigenvalue weighted by molar-refractivity contribution is 0.598. The highest BCUT2D eigenvalue weighted by Gasteiger charge is 2.06. The van der Waals surface area contributed by atoms with Crippen molar-refractivity contribution >= 4 is 21.7 Å². The first-order valence-corrected chi connectivity index (χ1v) is 8.26. The normalized spacial score (nSPS) is 11.2. The van der Waals surface area contributed by atoms with E-state index in [2.05, 4.69) is 15.3 Å². The highest BCUT2D eigenvalue weighted by atomic mass is 32.2. The minimum atomic E-state index is -3.63. The van der Waals surface area contributed by atoms with Crippen LogP contribution in [0, 0.1) is 0 Å². The van der Waals surface area contributed by atoms with Gasteiger partial charge in [0.05, 0.1) is 4.90 Å². The molecule has 0 unspecified atom stereocenters. The molecule has 3 N–H and O–H groups in total. The highest BCUT2D eigenvalue weighted by Crippen LogP contribution is 2.12. The van der Waals surface area contributed by atoms with Gasteiger partial charge in [0, 0.05) is 26.7 Å². The number of benzene rings is 1. The largest absolute Gasteiger partial charge is 0.370 e. The number of hydrogen-bond acceptors (Lipinski definition) is 6. The summed E-state index contributed by atoms with van der Waals surface area (Å²) in [6, 6.07) is 8.41. The minimum Gasteiger partial charge on any atom is -0.370 e. The zero-order valence-corrected chi connectivity index (χ0v) is 13.3. The number of rotatable bonds is 6. The lowest BCUT2D eigenvalue weighted by atomic mass is 10.1. The third kappa shape index (κ3) is 4.40. The van der Waals surface area contributed by atoms with Crippen molar-refractivity contribution in [3.05, 3.63) is 42.2 Å². The molecule has 0 aliphatic rings. The van der Waals surface area contributed by atoms with Gasteiger partial charge in [0.15, 0.2) is 0 Å². The quantitative estimate of drug-likeness (QED) is 0.818. The Morgan fingerprint density at radius 1 is 1.18 bits per heavy atom. The summed E-state index contributed by atoms with van der Waals surface area (Å²) in [6.07, 6.45) is 2.25. The maximum absolute atomic E-state index is 11.2. The Balaban J connectivity index is 1.92. The van der Waals surface area contributed by atoms with Crippen LogP contribution in [0.3, 0.4) is 0 Å². The van der Waals surface area contributed by atoms with Gasteiger partial charge in [0.2, 0.25) is 10.0 Å². The molecule has 1 heterocycles. The molecular formula is C14H19N5O2S. The summed E-state index contributed by atoms with van der Waals surface area (Å²) in [5.74, 6) is 1.58. The van der Waals surface area contributed by atoms with Crippen molar-refractivity contribution in [2.24, 2.45) is 5.14 Å². The van der Waals surface area contributed by atoms with Crippen LogP contribution in [0.15, 0.2) is 41.6 Å². The van der Waals surface area contributed by atoms with Crippen molar-refractivity contribution in [1.29, 1.82) is 0 Å². The van der Waals surface area contributed by atoms with E-state index in [-0.39, 0.29) is 4.90 Å². The van der Waals surface area contributed by atoms with Crippen molar-refractivity contribution in [1.82, 2.24) is 9.97 Å². The Hall–Kier alpha value is -2.19. The SMILES string of the molecule is CN(C)c1cc(NCCc2ccc(S(N)(=O)=O)cc2)ncn1. The van der Waals surface area contributed by atoms with Gasteiger partial charge in [-0.1, -0.05) is 12.1 Å². The molecule has 0 atom stereocenters. The standard InChI is InChI=1S/C14H19N5O2S/c1-19(2)14-9-13(17-10-18-14)16-8-7-11-3-5-12(6-4-11)22(15,20)21/h3-6,9-10H,7-8H2,1-2H3,(H2,15,20,21)(H,16,17,18). The fraction of sp³-hybridized carbons (Fsp3) is 0.286. The highest BCUT2D eigenvalue weighted by molar-refractivity contribution is 7.89. The van der Waals surface area contributed by atoms with Gasteiger partial charge < -0.3 is 10.2 Å². The van der Waals surface area contributed by atoms with E-state index in [1.165, 1.54) is 18.5 Å². The molecule has 2 aromatic rings. The average Bonchev–Trinajstić information content (AvgIpc) is 2.47. The number of sulfonamides is 1. The third-order valence-corrected chi connectivity index (χ3v) is 4.01. The van der Waals surface area contributed by atoms with Crippen LogP contribution in [0.25, 0.3) is 0 Å². The van der Waals surface area contributed by atoms with Gasteiger partial charge in [-0.15, -0.1) is 0 Å². The number of nitrogens with one attached hydrogen (secondary N) is 1. The maximum atomic E-state index is 11.2. The van der Waals surface area contributed by atoms with E-state index in [1.54, 1.807) is 12.1 Å². The molecule has 0 bridgehead atoms. The van der Waals surface area contributed by atoms with Gasteiger partial charge in [-0.2, -0.15) is 0 Å². The number of hydrogen-bond donors (Lipinski definition) is 2. The first kappa shape index (κ1) is 16.2. The van der Waals surface area contributed by atoms with E-state index in [0.717, 1.165) is 23.6 Å². The van der Waals surface area contributed by atoms with Crippen molar-refractivity contribution in [2.45, 2.75) is 11.3 Å². The van der Waals surface area contributed by atoms with Gasteiger partial charge in [0.25, 0.3) is 0 Å². The van der Waals surface area contributed by atoms with E-state index in [1.807, 2.05) is 25.1 Å². The second kappa shape index (κ2) is 6.71. The fourth-order valence-electron chi connectivity index (χ4n) is 1.87. The fourth-order valence-corrected chi connectivity index (χ4v) is 2.38. The smallest absolute Gasteiger partial charge is 0.238 e. The predicted molar refractivity (Wildman–Crippen MR) is 86.4 cm³/mol. The zero-order valence-electron chi connectivity index (χ0n) is 12.5. The molecule has 0 fully saturated rings. The Kier molecular flexibility index (Phi) is 4.94. The molecule has 1 aromatic carbocycles. The van der Waals surface area contributed by atoms with Gasteiger partial charge in [-0.25, -0.2) is 23.5 Å². The summed E-state index contributed by atoms with van der Waals surface area (Å²) in [5.41, 5.74) is 1.02. The molecule has 118 valence electrons. The molecule has 0 spiro atoms. The topological polar surface area (TPSA) is 101 Å². The van der Waals surface area contributed by atoms with Crippen molar-refractivity contribution in [2.75, 3.05) is 30.9 Å². The maximum Gasteiger partial charge on any atom is 0.238 e. The average molecular weight is 321 g/mol. The summed E-state index contributed by atoms with van der Waals surface area (Å²) in [6.45, 7) is 0.679.